The minimum absolute atomic E-state index is 0.322. The van der Waals surface area contributed by atoms with Crippen LogP contribution in [-0.2, 0) is 9.88 Å². The lowest BCUT2D eigenvalue weighted by atomic mass is 10.3. The fourth-order valence-electron chi connectivity index (χ4n) is 1.46. The van der Waals surface area contributed by atoms with Gasteiger partial charge >= 0.3 is 0 Å². The molecule has 0 amide bonds. The highest BCUT2D eigenvalue weighted by molar-refractivity contribution is 5.70. The molecule has 1 aliphatic heterocycles. The molecule has 3 N–H and O–H groups in total. The van der Waals surface area contributed by atoms with Crippen molar-refractivity contribution in [2.75, 3.05) is 0 Å². The van der Waals surface area contributed by atoms with Crippen molar-refractivity contribution in [2.24, 2.45) is 5.16 Å². The number of phenols is 3. The maximum absolute atomic E-state index is 8.63. The summed E-state index contributed by atoms with van der Waals surface area (Å²) >= 11 is 0. The SMILES string of the molecule is C1=COON=C1.Oc1ccccc1.Oc1ccccc1.Oc1ccccc1. The van der Waals surface area contributed by atoms with E-state index < -0.39 is 0 Å². The van der Waals surface area contributed by atoms with E-state index in [9.17, 15) is 0 Å². The van der Waals surface area contributed by atoms with E-state index in [1.54, 1.807) is 78.9 Å². The number of hydrogen-bond acceptors (Lipinski definition) is 6. The van der Waals surface area contributed by atoms with Gasteiger partial charge in [-0.25, -0.2) is 0 Å². The normalized spacial score (nSPS) is 10.2. The van der Waals surface area contributed by atoms with Gasteiger partial charge < -0.3 is 15.3 Å². The number of aromatic hydroxyl groups is 3. The highest BCUT2D eigenvalue weighted by Crippen LogP contribution is 2.04. The summed E-state index contributed by atoms with van der Waals surface area (Å²) in [5.74, 6) is 0.965. The molecule has 0 atom stereocenters. The Balaban J connectivity index is 0.000000180. The van der Waals surface area contributed by atoms with Gasteiger partial charge in [-0.2, -0.15) is 4.99 Å². The van der Waals surface area contributed by atoms with E-state index in [1.807, 2.05) is 18.2 Å². The second kappa shape index (κ2) is 14.4. The third kappa shape index (κ3) is 13.1. The molecule has 6 nitrogen and oxygen atoms in total. The number of oxime groups is 1. The third-order valence-electron chi connectivity index (χ3n) is 2.64. The van der Waals surface area contributed by atoms with Crippen LogP contribution in [0, 0.1) is 0 Å². The fourth-order valence-corrected chi connectivity index (χ4v) is 1.46. The molecule has 0 spiro atoms. The summed E-state index contributed by atoms with van der Waals surface area (Å²) in [4.78, 5) is 8.24. The predicted octanol–water partition coefficient (Wildman–Crippen LogP) is 4.62. The summed E-state index contributed by atoms with van der Waals surface area (Å²) in [6.07, 6.45) is 4.51. The minimum atomic E-state index is 0.322. The van der Waals surface area contributed by atoms with Gasteiger partial charge in [0.05, 0.1) is 6.21 Å². The number of rotatable bonds is 0. The summed E-state index contributed by atoms with van der Waals surface area (Å²) in [7, 11) is 0. The smallest absolute Gasteiger partial charge is 0.147 e. The molecule has 4 rings (SSSR count). The first-order valence-electron chi connectivity index (χ1n) is 7.91. The van der Waals surface area contributed by atoms with Gasteiger partial charge in [0.1, 0.15) is 23.5 Å². The van der Waals surface area contributed by atoms with Crippen molar-refractivity contribution in [3.05, 3.63) is 103 Å². The highest BCUT2D eigenvalue weighted by Gasteiger charge is 1.77. The first-order valence-corrected chi connectivity index (χ1v) is 7.91. The summed E-state index contributed by atoms with van der Waals surface area (Å²) in [5.41, 5.74) is 0. The quantitative estimate of drug-likeness (QED) is 0.504. The summed E-state index contributed by atoms with van der Waals surface area (Å²) in [6.45, 7) is 0. The lowest BCUT2D eigenvalue weighted by Gasteiger charge is -1.92. The zero-order chi connectivity index (χ0) is 19.6. The highest BCUT2D eigenvalue weighted by atomic mass is 17.3. The summed E-state index contributed by atoms with van der Waals surface area (Å²) in [6, 6.07) is 26.1. The maximum Gasteiger partial charge on any atom is 0.147 e. The van der Waals surface area contributed by atoms with Gasteiger partial charge in [-0.15, -0.1) is 0 Å². The van der Waals surface area contributed by atoms with Crippen molar-refractivity contribution < 1.29 is 25.2 Å². The van der Waals surface area contributed by atoms with Crippen LogP contribution in [0.4, 0.5) is 0 Å². The van der Waals surface area contributed by atoms with E-state index >= 15 is 0 Å². The summed E-state index contributed by atoms with van der Waals surface area (Å²) in [5, 5.41) is 29.1. The zero-order valence-electron chi connectivity index (χ0n) is 14.5. The Morgan fingerprint density at radius 1 is 0.556 bits per heavy atom. The molecule has 0 fully saturated rings. The van der Waals surface area contributed by atoms with Crippen LogP contribution < -0.4 is 0 Å². The van der Waals surface area contributed by atoms with Gasteiger partial charge in [0.2, 0.25) is 0 Å². The van der Waals surface area contributed by atoms with Gasteiger partial charge in [-0.3, -0.25) is 4.89 Å². The average molecular weight is 367 g/mol. The summed E-state index contributed by atoms with van der Waals surface area (Å²) < 4.78 is 0. The first-order chi connectivity index (χ1) is 13.2. The van der Waals surface area contributed by atoms with Crippen LogP contribution in [0.5, 0.6) is 17.2 Å². The molecule has 3 aromatic carbocycles. The van der Waals surface area contributed by atoms with Gasteiger partial charge in [0.25, 0.3) is 0 Å². The number of nitrogens with zero attached hydrogens (tertiary/aromatic N) is 1. The van der Waals surface area contributed by atoms with E-state index in [0.717, 1.165) is 0 Å². The van der Waals surface area contributed by atoms with E-state index in [2.05, 4.69) is 15.0 Å². The van der Waals surface area contributed by atoms with Gasteiger partial charge in [-0.05, 0) is 47.6 Å². The molecule has 0 bridgehead atoms. The van der Waals surface area contributed by atoms with E-state index in [0.29, 0.717) is 17.2 Å². The van der Waals surface area contributed by atoms with Crippen molar-refractivity contribution in [3.63, 3.8) is 0 Å². The van der Waals surface area contributed by atoms with Crippen molar-refractivity contribution in [1.29, 1.82) is 0 Å². The number of para-hydroxylation sites is 3. The van der Waals surface area contributed by atoms with Crippen LogP contribution in [0.3, 0.4) is 0 Å². The second-order valence-electron chi connectivity index (χ2n) is 4.76. The first kappa shape index (κ1) is 21.1. The molecule has 1 aliphatic rings. The third-order valence-corrected chi connectivity index (χ3v) is 2.64. The topological polar surface area (TPSA) is 91.5 Å². The Morgan fingerprint density at radius 3 is 1.04 bits per heavy atom. The molecule has 27 heavy (non-hydrogen) atoms. The molecule has 3 aromatic rings. The maximum atomic E-state index is 8.63. The number of hydrogen-bond donors (Lipinski definition) is 3. The number of allylic oxidation sites excluding steroid dienone is 1. The Hall–Kier alpha value is -3.93. The molecule has 0 saturated heterocycles. The van der Waals surface area contributed by atoms with Gasteiger partial charge in [0.15, 0.2) is 0 Å². The molecule has 0 aromatic heterocycles. The fraction of sp³-hybridized carbons (Fsp3) is 0. The van der Waals surface area contributed by atoms with Crippen LogP contribution in [0.2, 0.25) is 0 Å². The zero-order valence-corrected chi connectivity index (χ0v) is 14.5. The Bertz CT molecular complexity index is 661. The average Bonchev–Trinajstić information content (AvgIpc) is 2.73. The lowest BCUT2D eigenvalue weighted by Crippen LogP contribution is -1.82. The Labute approximate surface area is 157 Å². The molecule has 140 valence electrons. The molecule has 0 unspecified atom stereocenters. The van der Waals surface area contributed by atoms with Crippen LogP contribution in [0.15, 0.2) is 108 Å². The Kier molecular flexibility index (Phi) is 11.3. The molecular formula is C21H21NO5. The number of benzene rings is 3. The van der Waals surface area contributed by atoms with Crippen LogP contribution in [0.1, 0.15) is 0 Å². The predicted molar refractivity (Wildman–Crippen MR) is 104 cm³/mol. The van der Waals surface area contributed by atoms with Gasteiger partial charge in [-0.1, -0.05) is 54.6 Å². The molecule has 0 aliphatic carbocycles. The molecule has 0 saturated carbocycles. The van der Waals surface area contributed by atoms with Gasteiger partial charge in [0, 0.05) is 0 Å². The Morgan fingerprint density at radius 2 is 0.926 bits per heavy atom. The largest absolute Gasteiger partial charge is 0.508 e. The monoisotopic (exact) mass is 367 g/mol. The molecule has 0 radical (unpaired) electrons. The molecule has 1 heterocycles. The standard InChI is InChI=1S/3C6H6O.C3H3NO2/c3*7-6-4-2-1-3-5-6;1-2-4-6-5-3-1/h3*1-5,7H;1-3H. The van der Waals surface area contributed by atoms with Crippen LogP contribution >= 0.6 is 0 Å². The van der Waals surface area contributed by atoms with E-state index in [4.69, 9.17) is 15.3 Å². The molecule has 6 heteroatoms. The minimum Gasteiger partial charge on any atom is -0.508 e. The second-order valence-corrected chi connectivity index (χ2v) is 4.76. The van der Waals surface area contributed by atoms with Crippen molar-refractivity contribution in [1.82, 2.24) is 0 Å². The van der Waals surface area contributed by atoms with E-state index in [-0.39, 0.29) is 0 Å². The van der Waals surface area contributed by atoms with E-state index in [1.165, 1.54) is 12.5 Å². The van der Waals surface area contributed by atoms with Crippen molar-refractivity contribution >= 4 is 6.21 Å². The lowest BCUT2D eigenvalue weighted by molar-refractivity contribution is -0.251. The van der Waals surface area contributed by atoms with Crippen molar-refractivity contribution in [2.45, 2.75) is 0 Å². The van der Waals surface area contributed by atoms with Crippen LogP contribution in [0.25, 0.3) is 0 Å². The number of phenolic OH excluding ortho intramolecular Hbond substituents is 3. The van der Waals surface area contributed by atoms with Crippen LogP contribution in [-0.4, -0.2) is 21.5 Å². The van der Waals surface area contributed by atoms with Crippen molar-refractivity contribution in [3.8, 4) is 17.2 Å². The molecular weight excluding hydrogens is 346 g/mol.